The Morgan fingerprint density at radius 2 is 1.60 bits per heavy atom. The van der Waals surface area contributed by atoms with Gasteiger partial charge in [-0.05, 0) is 114 Å². The summed E-state index contributed by atoms with van der Waals surface area (Å²) < 4.78 is 5.87. The molecule has 2 unspecified atom stereocenters. The number of pyridine rings is 1. The Kier molecular flexibility index (Phi) is 16.7. The second kappa shape index (κ2) is 22.2. The van der Waals surface area contributed by atoms with Gasteiger partial charge in [-0.3, -0.25) is 28.9 Å². The molecule has 7 rings (SSSR count). The van der Waals surface area contributed by atoms with Gasteiger partial charge in [-0.2, -0.15) is 5.26 Å². The molecule has 6 atom stereocenters. The van der Waals surface area contributed by atoms with Gasteiger partial charge >= 0.3 is 0 Å². The first-order valence-corrected chi connectivity index (χ1v) is 26.0. The minimum Gasteiger partial charge on any atom is -0.394 e. The number of hydrogen-bond donors (Lipinski definition) is 4. The van der Waals surface area contributed by atoms with Gasteiger partial charge in [0.05, 0.1) is 48.4 Å². The minimum absolute atomic E-state index is 0.0399. The van der Waals surface area contributed by atoms with Crippen LogP contribution in [0.5, 0.6) is 0 Å². The standard InChI is InChI=1S/C59H77N7O7/c1-35-13-12-14-45(35)40-17-19-41(20-18-40)48(33-67)62-55(72)47-28-44(68)27-46(47)52(70)53(57(5,6)7)63-51(69)34-73-24-23-65-31-37(3)66(38(4)32-65)50-22-21-43(30-61-50)54(71)64-56-58(8,9)49(59(56,10)11)26-39-15-16-42(29-60)36(2)25-39/h12-13,15-22,25,30,37-38,46-49,53,56,67H,14,23-24,26-28,31-34H2,1-11H3,(H,62,72)(H,63,69)(H,64,71)/t37-,38+,46?,47-,48?,49?,53-,56?/m1/s1. The Morgan fingerprint density at radius 3 is 2.18 bits per heavy atom. The van der Waals surface area contributed by atoms with Gasteiger partial charge in [0.2, 0.25) is 11.8 Å². The summed E-state index contributed by atoms with van der Waals surface area (Å²) in [4.78, 5) is 77.3. The molecule has 4 aliphatic rings. The third-order valence-electron chi connectivity index (χ3n) is 16.3. The van der Waals surface area contributed by atoms with Crippen LogP contribution in [-0.4, -0.2) is 108 Å². The lowest BCUT2D eigenvalue weighted by Gasteiger charge is -2.64. The lowest BCUT2D eigenvalue weighted by Crippen LogP contribution is -2.70. The van der Waals surface area contributed by atoms with E-state index in [-0.39, 0.29) is 79.1 Å². The first kappa shape index (κ1) is 54.8. The van der Waals surface area contributed by atoms with Gasteiger partial charge in [-0.1, -0.05) is 97.0 Å². The van der Waals surface area contributed by atoms with E-state index in [9.17, 15) is 34.3 Å². The third-order valence-corrected chi connectivity index (χ3v) is 16.3. The fourth-order valence-electron chi connectivity index (χ4n) is 12.6. The summed E-state index contributed by atoms with van der Waals surface area (Å²) in [5.41, 5.74) is 6.57. The molecule has 3 aromatic rings. The number of nitrogens with one attached hydrogen (secondary N) is 3. The van der Waals surface area contributed by atoms with Gasteiger partial charge in [-0.25, -0.2) is 4.98 Å². The van der Waals surface area contributed by atoms with Crippen molar-refractivity contribution in [3.8, 4) is 6.07 Å². The largest absolute Gasteiger partial charge is 0.394 e. The number of ether oxygens (including phenoxy) is 1. The van der Waals surface area contributed by atoms with Crippen molar-refractivity contribution in [1.29, 1.82) is 5.26 Å². The molecule has 0 spiro atoms. The lowest BCUT2D eigenvalue weighted by atomic mass is 9.43. The fraction of sp³-hybridized carbons (Fsp3) is 0.542. The summed E-state index contributed by atoms with van der Waals surface area (Å²) in [5.74, 6) is -2.39. The van der Waals surface area contributed by atoms with Crippen LogP contribution in [0.1, 0.15) is 133 Å². The summed E-state index contributed by atoms with van der Waals surface area (Å²) in [5, 5.41) is 28.8. The maximum atomic E-state index is 14.3. The topological polar surface area (TPSA) is 194 Å². The van der Waals surface area contributed by atoms with Crippen molar-refractivity contribution in [2.24, 2.45) is 34.0 Å². The third kappa shape index (κ3) is 12.0. The predicted octanol–water partition coefficient (Wildman–Crippen LogP) is 7.48. The number of amides is 3. The Balaban J connectivity index is 0.866. The van der Waals surface area contributed by atoms with Gasteiger partial charge in [-0.15, -0.1) is 0 Å². The van der Waals surface area contributed by atoms with Crippen LogP contribution in [0.3, 0.4) is 0 Å². The van der Waals surface area contributed by atoms with Gasteiger partial charge in [0.15, 0.2) is 5.78 Å². The molecule has 1 saturated heterocycles. The van der Waals surface area contributed by atoms with Crippen molar-refractivity contribution < 1.29 is 33.8 Å². The van der Waals surface area contributed by atoms with Crippen LogP contribution in [-0.2, 0) is 30.3 Å². The number of aryl methyl sites for hydroxylation is 1. The summed E-state index contributed by atoms with van der Waals surface area (Å²) in [6.07, 6.45) is 7.40. The number of Topliss-reactive ketones (excluding diaryl/α,β-unsaturated/α-hetero) is 2. The molecule has 73 heavy (non-hydrogen) atoms. The van der Waals surface area contributed by atoms with E-state index in [1.165, 1.54) is 16.7 Å². The fourth-order valence-corrected chi connectivity index (χ4v) is 12.6. The van der Waals surface area contributed by atoms with Gasteiger partial charge in [0.1, 0.15) is 18.2 Å². The second-order valence-corrected chi connectivity index (χ2v) is 23.5. The van der Waals surface area contributed by atoms with Crippen LogP contribution in [0, 0.1) is 52.3 Å². The zero-order valence-electron chi connectivity index (χ0n) is 44.8. The average molecular weight is 996 g/mol. The van der Waals surface area contributed by atoms with Crippen molar-refractivity contribution >= 4 is 40.7 Å². The van der Waals surface area contributed by atoms with Crippen molar-refractivity contribution in [1.82, 2.24) is 25.8 Å². The maximum Gasteiger partial charge on any atom is 0.253 e. The van der Waals surface area contributed by atoms with Crippen molar-refractivity contribution in [2.45, 2.75) is 132 Å². The average Bonchev–Trinajstić information content (AvgIpc) is 3.96. The van der Waals surface area contributed by atoms with Crippen LogP contribution in [0.15, 0.2) is 78.5 Å². The van der Waals surface area contributed by atoms with E-state index in [0.29, 0.717) is 29.2 Å². The summed E-state index contributed by atoms with van der Waals surface area (Å²) in [6.45, 7) is 24.4. The van der Waals surface area contributed by atoms with Crippen LogP contribution in [0.4, 0.5) is 5.82 Å². The van der Waals surface area contributed by atoms with E-state index in [2.05, 4.69) is 98.5 Å². The second-order valence-electron chi connectivity index (χ2n) is 23.5. The molecule has 2 aromatic carbocycles. The summed E-state index contributed by atoms with van der Waals surface area (Å²) in [7, 11) is 0. The van der Waals surface area contributed by atoms with Crippen LogP contribution in [0.25, 0.3) is 5.57 Å². The van der Waals surface area contributed by atoms with Crippen molar-refractivity contribution in [2.75, 3.05) is 44.4 Å². The number of aliphatic hydroxyl groups is 1. The van der Waals surface area contributed by atoms with E-state index in [1.54, 1.807) is 6.20 Å². The van der Waals surface area contributed by atoms with Gasteiger partial charge in [0, 0.05) is 62.7 Å². The zero-order valence-corrected chi connectivity index (χ0v) is 44.8. The molecule has 2 heterocycles. The monoisotopic (exact) mass is 996 g/mol. The number of carbonyl (C=O) groups is 5. The van der Waals surface area contributed by atoms with E-state index in [1.807, 2.05) is 76.2 Å². The smallest absolute Gasteiger partial charge is 0.253 e. The van der Waals surface area contributed by atoms with E-state index in [0.717, 1.165) is 42.9 Å². The highest BCUT2D eigenvalue weighted by Gasteiger charge is 2.61. The lowest BCUT2D eigenvalue weighted by molar-refractivity contribution is -0.138. The number of aromatic nitrogens is 1. The number of aliphatic hydroxyl groups excluding tert-OH is 1. The molecule has 1 aromatic heterocycles. The Hall–Kier alpha value is -6.01. The number of carbonyl (C=O) groups excluding carboxylic acids is 5. The van der Waals surface area contributed by atoms with Gasteiger partial charge in [0.25, 0.3) is 5.91 Å². The number of allylic oxidation sites excluding steroid dienone is 4. The molecule has 14 heteroatoms. The highest BCUT2D eigenvalue weighted by atomic mass is 16.5. The first-order chi connectivity index (χ1) is 34.4. The Morgan fingerprint density at radius 1 is 0.932 bits per heavy atom. The van der Waals surface area contributed by atoms with Crippen molar-refractivity contribution in [3.63, 3.8) is 0 Å². The highest BCUT2D eigenvalue weighted by Crippen LogP contribution is 2.60. The van der Waals surface area contributed by atoms with Gasteiger partial charge < -0.3 is 30.7 Å². The van der Waals surface area contributed by atoms with Crippen LogP contribution in [0.2, 0.25) is 0 Å². The quantitative estimate of drug-likeness (QED) is 0.0924. The maximum absolute atomic E-state index is 14.3. The number of piperazine rings is 1. The SMILES string of the molecule is CC1=C(c2ccc(C(CO)NC(=O)[C@@H]3CC(=O)CC3C(=O)[C@@H](NC(=O)COCCN3C[C@@H](C)N(c4ccc(C(=O)NC5C(C)(C)C(Cc6ccc(C#N)c(C)c6)C5(C)C)cn4)[C@@H](C)C3)C(C)(C)C)cc2)CC=C1. The predicted molar refractivity (Wildman–Crippen MR) is 283 cm³/mol. The molecule has 0 radical (unpaired) electrons. The molecule has 0 bridgehead atoms. The van der Waals surface area contributed by atoms with E-state index < -0.39 is 41.1 Å². The molecule has 2 saturated carbocycles. The minimum atomic E-state index is -0.975. The molecular weight excluding hydrogens is 919 g/mol. The number of rotatable bonds is 18. The van der Waals surface area contributed by atoms with Crippen LogP contribution >= 0.6 is 0 Å². The highest BCUT2D eigenvalue weighted by molar-refractivity contribution is 6.02. The molecule has 3 aliphatic carbocycles. The van der Waals surface area contributed by atoms with Crippen molar-refractivity contribution in [3.05, 3.63) is 112 Å². The number of hydrogen-bond acceptors (Lipinski definition) is 11. The summed E-state index contributed by atoms with van der Waals surface area (Å²) >= 11 is 0. The molecule has 4 N–H and O–H groups in total. The Bertz CT molecular complexity index is 2630. The normalized spacial score (nSPS) is 24.4. The molecule has 14 nitrogen and oxygen atoms in total. The van der Waals surface area contributed by atoms with E-state index in [4.69, 9.17) is 9.72 Å². The van der Waals surface area contributed by atoms with E-state index >= 15 is 0 Å². The first-order valence-electron chi connectivity index (χ1n) is 26.0. The molecule has 3 fully saturated rings. The Labute approximate surface area is 432 Å². The molecule has 390 valence electrons. The zero-order chi connectivity index (χ0) is 53.2. The molecule has 3 amide bonds. The molecule has 1 aliphatic heterocycles. The number of anilines is 1. The number of nitriles is 1. The van der Waals surface area contributed by atoms with Crippen LogP contribution < -0.4 is 20.9 Å². The summed E-state index contributed by atoms with van der Waals surface area (Å²) in [6, 6.07) is 18.2. The number of ketones is 2. The molecular formula is C59H77N7O7. The number of benzene rings is 2. The number of nitrogens with zero attached hydrogens (tertiary/aromatic N) is 4.